The highest BCUT2D eigenvalue weighted by atomic mass is 35.5. The molecule has 0 radical (unpaired) electrons. The van der Waals surface area contributed by atoms with E-state index in [0.717, 1.165) is 16.8 Å². The molecule has 0 saturated carbocycles. The first-order valence-corrected chi connectivity index (χ1v) is 8.37. The van der Waals surface area contributed by atoms with Crippen molar-refractivity contribution < 1.29 is 4.79 Å². The van der Waals surface area contributed by atoms with Gasteiger partial charge < -0.3 is 10.6 Å². The predicted molar refractivity (Wildman–Crippen MR) is 102 cm³/mol. The number of hydrogen-bond acceptors (Lipinski definition) is 5. The van der Waals surface area contributed by atoms with Gasteiger partial charge in [0, 0.05) is 17.3 Å². The van der Waals surface area contributed by atoms with E-state index in [0.29, 0.717) is 11.5 Å². The summed E-state index contributed by atoms with van der Waals surface area (Å²) in [5, 5.41) is 6.02. The highest BCUT2D eigenvalue weighted by Crippen LogP contribution is 2.24. The first-order chi connectivity index (χ1) is 12.7. The van der Waals surface area contributed by atoms with Gasteiger partial charge in [0.15, 0.2) is 0 Å². The number of nitrogens with one attached hydrogen (secondary N) is 2. The summed E-state index contributed by atoms with van der Waals surface area (Å²) in [6, 6.07) is 19.0. The fraction of sp³-hybridized carbons (Fsp3) is 0.0526. The maximum Gasteiger partial charge on any atom is 0.269 e. The van der Waals surface area contributed by atoms with E-state index >= 15 is 0 Å². The molecule has 1 aliphatic rings. The van der Waals surface area contributed by atoms with Gasteiger partial charge >= 0.3 is 0 Å². The Labute approximate surface area is 155 Å². The molecule has 0 saturated heterocycles. The number of carbonyl (C=O) groups is 1. The van der Waals surface area contributed by atoms with Crippen molar-refractivity contribution in [2.45, 2.75) is 6.17 Å². The molecule has 1 aromatic heterocycles. The summed E-state index contributed by atoms with van der Waals surface area (Å²) in [7, 11) is 0. The van der Waals surface area contributed by atoms with E-state index in [1.807, 2.05) is 54.6 Å². The normalized spacial score (nSPS) is 16.1. The maximum absolute atomic E-state index is 12.7. The van der Waals surface area contributed by atoms with Crippen molar-refractivity contribution in [1.82, 2.24) is 9.97 Å². The molecular weight excluding hydrogens is 350 g/mol. The Hall–Kier alpha value is -3.25. The van der Waals surface area contributed by atoms with E-state index in [1.165, 1.54) is 6.20 Å². The van der Waals surface area contributed by atoms with Gasteiger partial charge in [0.05, 0.1) is 11.4 Å². The molecule has 7 heteroatoms. The van der Waals surface area contributed by atoms with Crippen LogP contribution in [0, 0.1) is 0 Å². The smallest absolute Gasteiger partial charge is 0.269 e. The number of carbonyl (C=O) groups excluding carboxylic acids is 1. The second-order valence-electron chi connectivity index (χ2n) is 5.64. The highest BCUT2D eigenvalue weighted by Gasteiger charge is 2.25. The molecular formula is C19H14ClN5O. The van der Waals surface area contributed by atoms with Crippen LogP contribution < -0.4 is 10.6 Å². The molecule has 6 nitrogen and oxygen atoms in total. The fourth-order valence-corrected chi connectivity index (χ4v) is 2.88. The summed E-state index contributed by atoms with van der Waals surface area (Å²) in [6.07, 6.45) is 0.659. The third-order valence-electron chi connectivity index (χ3n) is 3.90. The molecule has 26 heavy (non-hydrogen) atoms. The van der Waals surface area contributed by atoms with Crippen molar-refractivity contribution in [2.75, 3.05) is 10.6 Å². The maximum atomic E-state index is 12.7. The molecule has 1 aliphatic heterocycles. The molecule has 128 valence electrons. The molecule has 1 amide bonds. The molecule has 0 spiro atoms. The summed E-state index contributed by atoms with van der Waals surface area (Å²) in [4.78, 5) is 25.3. The van der Waals surface area contributed by atoms with Crippen LogP contribution in [0.15, 0.2) is 71.9 Å². The van der Waals surface area contributed by atoms with Gasteiger partial charge in [-0.15, -0.1) is 0 Å². The van der Waals surface area contributed by atoms with E-state index in [2.05, 4.69) is 25.6 Å². The lowest BCUT2D eigenvalue weighted by Gasteiger charge is -2.13. The van der Waals surface area contributed by atoms with Crippen molar-refractivity contribution in [3.8, 4) is 0 Å². The van der Waals surface area contributed by atoms with Gasteiger partial charge in [0.1, 0.15) is 5.82 Å². The standard InChI is InChI=1S/C19H14ClN5O/c20-19-21-11-10-15(24-19)23-17-18(26)22-14-9-5-4-8-13(14)16(25-17)12-6-2-1-3-7-12/h1-11,17H,(H,22,26)(H,21,23,24). The highest BCUT2D eigenvalue weighted by molar-refractivity contribution is 6.28. The van der Waals surface area contributed by atoms with E-state index in [1.54, 1.807) is 6.07 Å². The van der Waals surface area contributed by atoms with Gasteiger partial charge in [0.25, 0.3) is 5.91 Å². The lowest BCUT2D eigenvalue weighted by atomic mass is 10.0. The van der Waals surface area contributed by atoms with Crippen LogP contribution in [-0.4, -0.2) is 27.8 Å². The number of para-hydroxylation sites is 1. The Bertz CT molecular complexity index is 990. The van der Waals surface area contributed by atoms with Gasteiger partial charge in [0.2, 0.25) is 11.4 Å². The summed E-state index contributed by atoms with van der Waals surface area (Å²) >= 11 is 5.83. The topological polar surface area (TPSA) is 79.3 Å². The molecule has 0 bridgehead atoms. The molecule has 2 aromatic carbocycles. The number of hydrogen-bond donors (Lipinski definition) is 2. The number of nitrogens with zero attached hydrogens (tertiary/aromatic N) is 3. The summed E-state index contributed by atoms with van der Waals surface area (Å²) in [6.45, 7) is 0. The van der Waals surface area contributed by atoms with Crippen LogP contribution in [0.5, 0.6) is 0 Å². The summed E-state index contributed by atoms with van der Waals surface area (Å²) < 4.78 is 0. The van der Waals surface area contributed by atoms with Crippen molar-refractivity contribution in [1.29, 1.82) is 0 Å². The average molecular weight is 364 g/mol. The zero-order valence-corrected chi connectivity index (χ0v) is 14.3. The van der Waals surface area contributed by atoms with Gasteiger partial charge in [-0.25, -0.2) is 15.0 Å². The van der Waals surface area contributed by atoms with E-state index in [9.17, 15) is 4.79 Å². The lowest BCUT2D eigenvalue weighted by Crippen LogP contribution is -2.32. The molecule has 2 N–H and O–H groups in total. The van der Waals surface area contributed by atoms with Crippen LogP contribution in [0.1, 0.15) is 11.1 Å². The number of benzene rings is 2. The largest absolute Gasteiger partial charge is 0.341 e. The number of amides is 1. The monoisotopic (exact) mass is 363 g/mol. The van der Waals surface area contributed by atoms with Crippen LogP contribution in [-0.2, 0) is 4.79 Å². The first-order valence-electron chi connectivity index (χ1n) is 7.99. The van der Waals surface area contributed by atoms with Crippen LogP contribution in [0.3, 0.4) is 0 Å². The van der Waals surface area contributed by atoms with Crippen LogP contribution >= 0.6 is 11.6 Å². The van der Waals surface area contributed by atoms with E-state index in [-0.39, 0.29) is 11.2 Å². The Morgan fingerprint density at radius 1 is 1.00 bits per heavy atom. The summed E-state index contributed by atoms with van der Waals surface area (Å²) in [5.74, 6) is 0.144. The van der Waals surface area contributed by atoms with Crippen molar-refractivity contribution in [3.05, 3.63) is 83.3 Å². The van der Waals surface area contributed by atoms with Crippen molar-refractivity contribution in [2.24, 2.45) is 4.99 Å². The second kappa shape index (κ2) is 6.93. The summed E-state index contributed by atoms with van der Waals surface area (Å²) in [5.41, 5.74) is 3.21. The molecule has 2 heterocycles. The number of anilines is 2. The SMILES string of the molecule is O=C1Nc2ccccc2C(c2ccccc2)=NC1Nc1ccnc(Cl)n1. The molecule has 0 fully saturated rings. The Kier molecular flexibility index (Phi) is 4.33. The minimum absolute atomic E-state index is 0.0968. The van der Waals surface area contributed by atoms with Gasteiger partial charge in [-0.1, -0.05) is 48.5 Å². The Morgan fingerprint density at radius 2 is 1.77 bits per heavy atom. The fourth-order valence-electron chi connectivity index (χ4n) is 2.74. The van der Waals surface area contributed by atoms with Crippen molar-refractivity contribution in [3.63, 3.8) is 0 Å². The minimum Gasteiger partial charge on any atom is -0.341 e. The number of aliphatic imine (C=N–C) groups is 1. The molecule has 4 rings (SSSR count). The lowest BCUT2D eigenvalue weighted by molar-refractivity contribution is -0.116. The van der Waals surface area contributed by atoms with Crippen molar-refractivity contribution >= 4 is 34.7 Å². The number of benzodiazepines with no additional fused rings is 1. The second-order valence-corrected chi connectivity index (χ2v) is 5.97. The van der Waals surface area contributed by atoms with Gasteiger partial charge in [-0.2, -0.15) is 0 Å². The number of rotatable bonds is 3. The van der Waals surface area contributed by atoms with Gasteiger partial charge in [-0.05, 0) is 23.7 Å². The molecule has 0 aliphatic carbocycles. The Morgan fingerprint density at radius 3 is 2.58 bits per heavy atom. The molecule has 1 atom stereocenters. The average Bonchev–Trinajstić information content (AvgIpc) is 2.79. The van der Waals surface area contributed by atoms with Crippen LogP contribution in [0.2, 0.25) is 5.28 Å². The number of aromatic nitrogens is 2. The van der Waals surface area contributed by atoms with E-state index < -0.39 is 6.17 Å². The zero-order valence-electron chi connectivity index (χ0n) is 13.6. The number of fused-ring (bicyclic) bond motifs is 1. The van der Waals surface area contributed by atoms with E-state index in [4.69, 9.17) is 11.6 Å². The quantitative estimate of drug-likeness (QED) is 0.699. The van der Waals surface area contributed by atoms with Crippen LogP contribution in [0.4, 0.5) is 11.5 Å². The third-order valence-corrected chi connectivity index (χ3v) is 4.09. The predicted octanol–water partition coefficient (Wildman–Crippen LogP) is 3.36. The molecule has 1 unspecified atom stereocenters. The van der Waals surface area contributed by atoms with Crippen LogP contribution in [0.25, 0.3) is 0 Å². The minimum atomic E-state index is -0.858. The Balaban J connectivity index is 1.79. The zero-order chi connectivity index (χ0) is 17.9. The molecule has 3 aromatic rings. The van der Waals surface area contributed by atoms with Gasteiger partial charge in [-0.3, -0.25) is 4.79 Å². The third kappa shape index (κ3) is 3.27. The first kappa shape index (κ1) is 16.2. The number of halogens is 1.